The molecule has 0 amide bonds. The Morgan fingerprint density at radius 3 is 1.79 bits per heavy atom. The highest BCUT2D eigenvalue weighted by atomic mass is 32.1. The van der Waals surface area contributed by atoms with E-state index in [0.717, 1.165) is 34.0 Å². The van der Waals surface area contributed by atoms with Crippen molar-refractivity contribution in [3.05, 3.63) is 174 Å². The van der Waals surface area contributed by atoms with Crippen LogP contribution in [0.1, 0.15) is 97.8 Å². The standard InChI is InChI=1S/C64H58BN3OS/c1-61(2,3)39-23-28-49-52(33-39)66(41-26-30-59-47(35-41)46-18-10-14-22-58(46)70-59)54-36-43(68-51-20-12-11-19-48(51)63(7)31-15-16-32-64(63,68)8)37-55-60(54)65(49)50-29-24-40(62(4,5)6)34-53(50)67(55)42-25-27-45-44-17-9-13-21-56(44)69-57(45)38-42/h9-14,17-30,33-38H,15-16,31-32H2,1-8H3. The zero-order chi connectivity index (χ0) is 47.6. The number of hydrogen-bond donors (Lipinski definition) is 0. The van der Waals surface area contributed by atoms with E-state index in [2.05, 4.69) is 228 Å². The molecule has 4 nitrogen and oxygen atoms in total. The van der Waals surface area contributed by atoms with Gasteiger partial charge in [0.05, 0.1) is 5.54 Å². The van der Waals surface area contributed by atoms with E-state index in [1.807, 2.05) is 11.3 Å². The second-order valence-corrected chi connectivity index (χ2v) is 24.4. The van der Waals surface area contributed by atoms with Crippen molar-refractivity contribution in [3.8, 4) is 0 Å². The van der Waals surface area contributed by atoms with Crippen molar-refractivity contribution in [1.29, 1.82) is 0 Å². The van der Waals surface area contributed by atoms with E-state index in [1.165, 1.54) is 112 Å². The summed E-state index contributed by atoms with van der Waals surface area (Å²) in [6.45, 7) is 19.2. The van der Waals surface area contributed by atoms with E-state index in [4.69, 9.17) is 4.42 Å². The number of para-hydroxylation sites is 2. The normalized spacial score (nSPS) is 19.5. The quantitative estimate of drug-likeness (QED) is 0.165. The maximum absolute atomic E-state index is 6.72. The van der Waals surface area contributed by atoms with Crippen molar-refractivity contribution in [2.75, 3.05) is 14.7 Å². The molecule has 1 saturated carbocycles. The van der Waals surface area contributed by atoms with Crippen molar-refractivity contribution < 1.29 is 4.42 Å². The van der Waals surface area contributed by atoms with Crippen LogP contribution in [0.15, 0.2) is 162 Å². The van der Waals surface area contributed by atoms with Crippen molar-refractivity contribution in [3.63, 3.8) is 0 Å². The highest BCUT2D eigenvalue weighted by molar-refractivity contribution is 7.25. The zero-order valence-electron chi connectivity index (χ0n) is 41.6. The summed E-state index contributed by atoms with van der Waals surface area (Å²) >= 11 is 1.89. The zero-order valence-corrected chi connectivity index (χ0v) is 42.4. The van der Waals surface area contributed by atoms with Crippen LogP contribution in [0, 0.1) is 0 Å². The molecule has 0 radical (unpaired) electrons. The Hall–Kier alpha value is -6.76. The first-order chi connectivity index (χ1) is 33.7. The summed E-state index contributed by atoms with van der Waals surface area (Å²) in [6, 6.07) is 60.8. The van der Waals surface area contributed by atoms with Crippen LogP contribution >= 0.6 is 11.3 Å². The largest absolute Gasteiger partial charge is 0.456 e. The lowest BCUT2D eigenvalue weighted by atomic mass is 9.33. The third-order valence-corrected chi connectivity index (χ3v) is 18.4. The first-order valence-corrected chi connectivity index (χ1v) is 26.3. The molecule has 8 aromatic carbocycles. The van der Waals surface area contributed by atoms with Gasteiger partial charge in [-0.15, -0.1) is 11.3 Å². The van der Waals surface area contributed by atoms with Gasteiger partial charge in [0, 0.05) is 87.9 Å². The minimum Gasteiger partial charge on any atom is -0.456 e. The number of thiophene rings is 1. The SMILES string of the molecule is CC(C)(C)c1ccc2c(c1)N(c1ccc3c(c1)oc1ccccc13)c1cc(N3c4ccccc4C4(C)CCCCC34C)cc3c1B2c1ccc(C(C)(C)C)cc1N3c1ccc2sc3ccccc3c2c1. The lowest BCUT2D eigenvalue weighted by molar-refractivity contribution is 0.195. The van der Waals surface area contributed by atoms with Gasteiger partial charge in [-0.05, 0) is 136 Å². The van der Waals surface area contributed by atoms with Crippen LogP contribution in [-0.4, -0.2) is 12.3 Å². The fourth-order valence-electron chi connectivity index (χ4n) is 13.4. The first kappa shape index (κ1) is 42.2. The summed E-state index contributed by atoms with van der Waals surface area (Å²) < 4.78 is 9.35. The maximum atomic E-state index is 6.72. The Labute approximate surface area is 416 Å². The number of fused-ring (bicyclic) bond motifs is 13. The van der Waals surface area contributed by atoms with Crippen LogP contribution in [0.25, 0.3) is 42.1 Å². The van der Waals surface area contributed by atoms with Gasteiger partial charge in [0.2, 0.25) is 0 Å². The molecule has 70 heavy (non-hydrogen) atoms. The van der Waals surface area contributed by atoms with Gasteiger partial charge in [0.1, 0.15) is 11.2 Å². The number of benzene rings is 8. The Morgan fingerprint density at radius 2 is 1.07 bits per heavy atom. The topological polar surface area (TPSA) is 22.9 Å². The minimum atomic E-state index is -0.134. The molecule has 6 heteroatoms. The van der Waals surface area contributed by atoms with E-state index in [1.54, 1.807) is 0 Å². The molecule has 10 aromatic rings. The third kappa shape index (κ3) is 5.77. The van der Waals surface area contributed by atoms with Crippen molar-refractivity contribution >= 4 is 122 Å². The van der Waals surface area contributed by atoms with E-state index >= 15 is 0 Å². The molecule has 3 aliphatic heterocycles. The van der Waals surface area contributed by atoms with Gasteiger partial charge in [-0.3, -0.25) is 0 Å². The van der Waals surface area contributed by atoms with Crippen LogP contribution in [0.3, 0.4) is 0 Å². The molecule has 1 fully saturated rings. The lowest BCUT2D eigenvalue weighted by Gasteiger charge is -2.51. The Kier molecular flexibility index (Phi) is 8.68. The second kappa shape index (κ2) is 14.4. The molecule has 0 spiro atoms. The molecular formula is C64H58BN3OS. The highest BCUT2D eigenvalue weighted by Crippen LogP contribution is 2.62. The summed E-state index contributed by atoms with van der Waals surface area (Å²) in [4.78, 5) is 8.03. The molecule has 2 aromatic heterocycles. The molecular weight excluding hydrogens is 870 g/mol. The van der Waals surface area contributed by atoms with Gasteiger partial charge < -0.3 is 19.1 Å². The molecule has 0 N–H and O–H groups in total. The lowest BCUT2D eigenvalue weighted by Crippen LogP contribution is -2.61. The fourth-order valence-corrected chi connectivity index (χ4v) is 14.5. The second-order valence-electron chi connectivity index (χ2n) is 23.3. The fraction of sp³-hybridized carbons (Fsp3) is 0.250. The number of nitrogens with zero attached hydrogens (tertiary/aromatic N) is 3. The van der Waals surface area contributed by atoms with Gasteiger partial charge in [0.25, 0.3) is 6.71 Å². The predicted octanol–water partition coefficient (Wildman–Crippen LogP) is 16.4. The van der Waals surface area contributed by atoms with E-state index in [-0.39, 0.29) is 28.5 Å². The molecule has 14 rings (SSSR count). The molecule has 0 bridgehead atoms. The third-order valence-electron chi connectivity index (χ3n) is 17.3. The van der Waals surface area contributed by atoms with Gasteiger partial charge in [-0.25, -0.2) is 0 Å². The molecule has 1 aliphatic carbocycles. The summed E-state index contributed by atoms with van der Waals surface area (Å²) in [7, 11) is 0. The monoisotopic (exact) mass is 927 g/mol. The van der Waals surface area contributed by atoms with Gasteiger partial charge in [0.15, 0.2) is 0 Å². The van der Waals surface area contributed by atoms with Crippen LogP contribution < -0.4 is 31.1 Å². The van der Waals surface area contributed by atoms with E-state index in [0.29, 0.717) is 0 Å². The Morgan fingerprint density at radius 1 is 0.486 bits per heavy atom. The average molecular weight is 928 g/mol. The smallest absolute Gasteiger partial charge is 0.252 e. The number of hydrogen-bond acceptors (Lipinski definition) is 5. The number of furan rings is 1. The van der Waals surface area contributed by atoms with Crippen LogP contribution in [0.2, 0.25) is 0 Å². The first-order valence-electron chi connectivity index (χ1n) is 25.5. The number of rotatable bonds is 3. The van der Waals surface area contributed by atoms with Crippen molar-refractivity contribution in [2.24, 2.45) is 0 Å². The summed E-state index contributed by atoms with van der Waals surface area (Å²) in [5, 5.41) is 4.90. The highest BCUT2D eigenvalue weighted by Gasteiger charge is 2.58. The van der Waals surface area contributed by atoms with E-state index in [9.17, 15) is 0 Å². The summed E-state index contributed by atoms with van der Waals surface area (Å²) in [6.07, 6.45) is 4.76. The Balaban J connectivity index is 1.12. The van der Waals surface area contributed by atoms with Crippen LogP contribution in [0.5, 0.6) is 0 Å². The van der Waals surface area contributed by atoms with Gasteiger partial charge >= 0.3 is 0 Å². The van der Waals surface area contributed by atoms with Crippen molar-refractivity contribution in [2.45, 2.75) is 103 Å². The van der Waals surface area contributed by atoms with Crippen LogP contribution in [0.4, 0.5) is 45.5 Å². The molecule has 2 atom stereocenters. The minimum absolute atomic E-state index is 0.00330. The Bertz CT molecular complexity index is 3850. The van der Waals surface area contributed by atoms with E-state index < -0.39 is 0 Å². The van der Waals surface area contributed by atoms with Crippen molar-refractivity contribution in [1.82, 2.24) is 0 Å². The molecule has 5 heterocycles. The van der Waals surface area contributed by atoms with Crippen LogP contribution in [-0.2, 0) is 16.2 Å². The number of anilines is 8. The molecule has 0 saturated heterocycles. The molecule has 2 unspecified atom stereocenters. The van der Waals surface area contributed by atoms with Gasteiger partial charge in [-0.2, -0.15) is 0 Å². The predicted molar refractivity (Wildman–Crippen MR) is 301 cm³/mol. The summed E-state index contributed by atoms with van der Waals surface area (Å²) in [5.74, 6) is 0. The maximum Gasteiger partial charge on any atom is 0.252 e. The summed E-state index contributed by atoms with van der Waals surface area (Å²) in [5.41, 5.74) is 19.4. The molecule has 4 aliphatic rings. The van der Waals surface area contributed by atoms with Gasteiger partial charge in [-0.1, -0.05) is 140 Å². The average Bonchev–Trinajstić information content (AvgIpc) is 3.98. The molecule has 344 valence electrons.